The number of nitrogens with zero attached hydrogens (tertiary/aromatic N) is 1. The molecule has 0 radical (unpaired) electrons. The summed E-state index contributed by atoms with van der Waals surface area (Å²) in [6.45, 7) is -2.30. The standard InChI is InChI=1S/C18H18FN2O9P/c1-10-3-2-4-11-8-27-31(26,30-14(10)11)28-9-18(19)5-13(23)16(29-18)21-6-12(7-22)15(24)20-17(21)25/h2-4,6-7,13,16,23H,5,8-9H2,1H3,(H,20,24,25)/t13-,16-,18+,31?/m1/s1/i9D2,16D. The van der Waals surface area contributed by atoms with Gasteiger partial charge in [0, 0.05) is 18.2 Å². The van der Waals surface area contributed by atoms with E-state index < -0.39 is 55.8 Å². The van der Waals surface area contributed by atoms with Crippen molar-refractivity contribution in [3.63, 3.8) is 0 Å². The fraction of sp³-hybridized carbons (Fsp3) is 0.389. The molecule has 0 saturated carbocycles. The van der Waals surface area contributed by atoms with Crippen molar-refractivity contribution in [3.8, 4) is 5.75 Å². The Labute approximate surface area is 178 Å². The molecule has 2 aromatic rings. The zero-order valence-electron chi connectivity index (χ0n) is 18.9. The largest absolute Gasteiger partial charge is 0.530 e. The molecular formula is C18H18FN2O9P. The molecule has 1 aromatic heterocycles. The number of halogens is 1. The summed E-state index contributed by atoms with van der Waals surface area (Å²) < 4.78 is 73.1. The highest BCUT2D eigenvalue weighted by Crippen LogP contribution is 2.56. The first kappa shape index (κ1) is 18.0. The van der Waals surface area contributed by atoms with Gasteiger partial charge in [0.1, 0.15) is 18.4 Å². The number of aromatic nitrogens is 2. The summed E-state index contributed by atoms with van der Waals surface area (Å²) in [6.07, 6.45) is -5.89. The van der Waals surface area contributed by atoms with E-state index in [1.807, 2.05) is 0 Å². The van der Waals surface area contributed by atoms with Crippen LogP contribution in [0.3, 0.4) is 0 Å². The second-order valence-electron chi connectivity index (χ2n) is 6.79. The van der Waals surface area contributed by atoms with Gasteiger partial charge in [0.2, 0.25) is 5.85 Å². The van der Waals surface area contributed by atoms with Gasteiger partial charge in [-0.3, -0.25) is 28.2 Å². The minimum Gasteiger partial charge on any atom is -0.403 e. The third-order valence-corrected chi connectivity index (χ3v) is 5.69. The molecule has 2 aliphatic rings. The highest BCUT2D eigenvalue weighted by molar-refractivity contribution is 7.49. The first-order valence-electron chi connectivity index (χ1n) is 10.4. The molecule has 1 fully saturated rings. The monoisotopic (exact) mass is 459 g/mol. The maximum absolute atomic E-state index is 15.7. The maximum Gasteiger partial charge on any atom is 0.530 e. The van der Waals surface area contributed by atoms with Crippen LogP contribution in [0, 0.1) is 6.92 Å². The van der Waals surface area contributed by atoms with Crippen LogP contribution in [-0.2, 0) is 25.0 Å². The van der Waals surface area contributed by atoms with Gasteiger partial charge in [0.15, 0.2) is 12.5 Å². The van der Waals surface area contributed by atoms with Crippen LogP contribution in [0.15, 0.2) is 34.0 Å². The van der Waals surface area contributed by atoms with Crippen LogP contribution in [0.4, 0.5) is 4.39 Å². The third kappa shape index (κ3) is 4.12. The number of hydrogen-bond acceptors (Lipinski definition) is 9. The topological polar surface area (TPSA) is 146 Å². The van der Waals surface area contributed by atoms with E-state index in [1.54, 1.807) is 30.1 Å². The molecule has 0 bridgehead atoms. The number of rotatable bonds is 5. The molecule has 11 nitrogen and oxygen atoms in total. The predicted molar refractivity (Wildman–Crippen MR) is 101 cm³/mol. The number of nitrogens with one attached hydrogen (secondary N) is 1. The minimum absolute atomic E-state index is 0.0494. The van der Waals surface area contributed by atoms with E-state index in [0.29, 0.717) is 17.3 Å². The number of alkyl halides is 1. The molecule has 1 saturated heterocycles. The Balaban J connectivity index is 1.65. The number of benzene rings is 1. The lowest BCUT2D eigenvalue weighted by Crippen LogP contribution is -2.37. The Morgan fingerprint density at radius 3 is 3.06 bits per heavy atom. The number of aryl methyl sites for hydroxylation is 1. The molecule has 31 heavy (non-hydrogen) atoms. The number of carbonyl (C=O) groups excluding carboxylic acids is 1. The SMILES string of the molecule is [2H]C([2H])(OP1(=O)OCc2cccc(C)c2O1)[C@]1(F)C[C@@H](O)[C@]([2H])(n2cc(C=O)c(=O)[nH]c2=O)O1. The van der Waals surface area contributed by atoms with Crippen molar-refractivity contribution in [2.45, 2.75) is 38.1 Å². The number of aldehydes is 1. The number of fused-ring (bicyclic) bond motifs is 1. The molecular weight excluding hydrogens is 438 g/mol. The number of H-pyrrole nitrogens is 1. The summed E-state index contributed by atoms with van der Waals surface area (Å²) in [4.78, 5) is 36.5. The van der Waals surface area contributed by atoms with Gasteiger partial charge in [-0.25, -0.2) is 13.8 Å². The molecule has 0 spiro atoms. The van der Waals surface area contributed by atoms with Gasteiger partial charge in [0.05, 0.1) is 16.3 Å². The van der Waals surface area contributed by atoms with E-state index in [9.17, 15) is 24.1 Å². The molecule has 0 aliphatic carbocycles. The lowest BCUT2D eigenvalue weighted by molar-refractivity contribution is -0.179. The molecule has 2 N–H and O–H groups in total. The zero-order valence-corrected chi connectivity index (χ0v) is 16.8. The van der Waals surface area contributed by atoms with E-state index >= 15 is 4.39 Å². The van der Waals surface area contributed by atoms with Gasteiger partial charge in [-0.05, 0) is 12.5 Å². The summed E-state index contributed by atoms with van der Waals surface area (Å²) in [6, 6.07) is 4.92. The Morgan fingerprint density at radius 2 is 2.32 bits per heavy atom. The Morgan fingerprint density at radius 1 is 1.55 bits per heavy atom. The number of aliphatic hydroxyl groups is 1. The van der Waals surface area contributed by atoms with Crippen LogP contribution in [0.2, 0.25) is 0 Å². The highest BCUT2D eigenvalue weighted by atomic mass is 31.2. The fourth-order valence-electron chi connectivity index (χ4n) is 3.03. The number of aliphatic hydroxyl groups excluding tert-OH is 1. The van der Waals surface area contributed by atoms with Crippen LogP contribution in [0.25, 0.3) is 0 Å². The normalized spacial score (nSPS) is 34.2. The van der Waals surface area contributed by atoms with E-state index in [2.05, 4.69) is 0 Å². The summed E-state index contributed by atoms with van der Waals surface area (Å²) in [7, 11) is -4.75. The number of aromatic amines is 1. The first-order valence-corrected chi connectivity index (χ1v) is 10.3. The van der Waals surface area contributed by atoms with Crippen LogP contribution in [0.1, 0.15) is 38.2 Å². The first-order chi connectivity index (χ1) is 15.7. The van der Waals surface area contributed by atoms with Gasteiger partial charge in [-0.1, -0.05) is 18.2 Å². The lowest BCUT2D eigenvalue weighted by Gasteiger charge is -2.28. The molecule has 0 amide bonds. The van der Waals surface area contributed by atoms with Gasteiger partial charge in [-0.2, -0.15) is 0 Å². The number of carbonyl (C=O) groups is 1. The van der Waals surface area contributed by atoms with Gasteiger partial charge >= 0.3 is 13.5 Å². The molecule has 4 rings (SSSR count). The van der Waals surface area contributed by atoms with Crippen LogP contribution in [-0.4, -0.2) is 39.5 Å². The lowest BCUT2D eigenvalue weighted by atomic mass is 10.1. The molecule has 1 aromatic carbocycles. The summed E-state index contributed by atoms with van der Waals surface area (Å²) in [5, 5.41) is 10.3. The summed E-state index contributed by atoms with van der Waals surface area (Å²) in [5.74, 6) is -3.55. The number of phosphoric ester groups is 1. The molecule has 2 aliphatic heterocycles. The highest BCUT2D eigenvalue weighted by Gasteiger charge is 2.50. The van der Waals surface area contributed by atoms with Gasteiger partial charge in [0.25, 0.3) is 5.56 Å². The Bertz CT molecular complexity index is 1330. The summed E-state index contributed by atoms with van der Waals surface area (Å²) in [5.41, 5.74) is -2.06. The van der Waals surface area contributed by atoms with Crippen molar-refractivity contribution in [1.29, 1.82) is 0 Å². The smallest absolute Gasteiger partial charge is 0.403 e. The second kappa shape index (κ2) is 7.81. The number of ether oxygens (including phenoxy) is 1. The van der Waals surface area contributed by atoms with Gasteiger partial charge in [-0.15, -0.1) is 0 Å². The van der Waals surface area contributed by atoms with Crippen LogP contribution >= 0.6 is 7.82 Å². The van der Waals surface area contributed by atoms with Crippen molar-refractivity contribution in [3.05, 3.63) is 61.9 Å². The van der Waals surface area contributed by atoms with Crippen molar-refractivity contribution in [1.82, 2.24) is 9.55 Å². The van der Waals surface area contributed by atoms with E-state index in [-0.39, 0.29) is 23.2 Å². The van der Waals surface area contributed by atoms with Crippen molar-refractivity contribution < 1.29 is 41.3 Å². The minimum atomic E-state index is -4.75. The summed E-state index contributed by atoms with van der Waals surface area (Å²) >= 11 is 0. The molecule has 166 valence electrons. The Kier molecular flexibility index (Phi) is 4.53. The average Bonchev–Trinajstić information content (AvgIpc) is 2.98. The number of para-hydroxylation sites is 1. The van der Waals surface area contributed by atoms with Gasteiger partial charge < -0.3 is 14.4 Å². The van der Waals surface area contributed by atoms with Crippen LogP contribution in [0.5, 0.6) is 5.75 Å². The van der Waals surface area contributed by atoms with E-state index in [4.69, 9.17) is 22.4 Å². The van der Waals surface area contributed by atoms with E-state index in [1.165, 1.54) is 0 Å². The van der Waals surface area contributed by atoms with E-state index in [0.717, 1.165) is 0 Å². The molecule has 1 unspecified atom stereocenters. The van der Waals surface area contributed by atoms with Crippen molar-refractivity contribution >= 4 is 14.1 Å². The Hall–Kier alpha value is -2.63. The predicted octanol–water partition coefficient (Wildman–Crippen LogP) is 1.34. The average molecular weight is 459 g/mol. The third-order valence-electron chi connectivity index (χ3n) is 4.53. The maximum atomic E-state index is 15.7. The quantitative estimate of drug-likeness (QED) is 0.499. The van der Waals surface area contributed by atoms with Crippen LogP contribution < -0.4 is 15.8 Å². The second-order valence-corrected chi connectivity index (χ2v) is 8.31. The zero-order chi connectivity index (χ0) is 25.1. The van der Waals surface area contributed by atoms with Crippen molar-refractivity contribution in [2.24, 2.45) is 0 Å². The number of hydrogen-bond donors (Lipinski definition) is 2. The number of phosphoric acid groups is 1. The molecule has 13 heteroatoms. The molecule has 3 heterocycles. The molecule has 4 atom stereocenters. The fourth-order valence-corrected chi connectivity index (χ4v) is 4.20. The van der Waals surface area contributed by atoms with Crippen molar-refractivity contribution in [2.75, 3.05) is 6.56 Å².